The lowest BCUT2D eigenvalue weighted by molar-refractivity contribution is -0.126. The summed E-state index contributed by atoms with van der Waals surface area (Å²) >= 11 is 0. The van der Waals surface area contributed by atoms with Gasteiger partial charge in [0.05, 0.1) is 5.41 Å². The van der Waals surface area contributed by atoms with Crippen molar-refractivity contribution >= 4 is 11.8 Å². The van der Waals surface area contributed by atoms with Crippen LogP contribution in [0.15, 0.2) is 11.1 Å². The van der Waals surface area contributed by atoms with Crippen LogP contribution in [0.3, 0.4) is 0 Å². The lowest BCUT2D eigenvalue weighted by atomic mass is 9.92. The van der Waals surface area contributed by atoms with E-state index in [1.165, 1.54) is 0 Å². The molecule has 0 aromatic carbocycles. The summed E-state index contributed by atoms with van der Waals surface area (Å²) in [6, 6.07) is 0. The van der Waals surface area contributed by atoms with Crippen molar-refractivity contribution in [2.45, 2.75) is 20.8 Å². The van der Waals surface area contributed by atoms with Gasteiger partial charge in [0.2, 0.25) is 11.8 Å². The highest BCUT2D eigenvalue weighted by Gasteiger charge is 2.26. The number of nitrogens with one attached hydrogen (secondary N) is 2. The average molecular weight is 225 g/mol. The maximum absolute atomic E-state index is 11.7. The Hall–Kier alpha value is -1.36. The van der Waals surface area contributed by atoms with Crippen LogP contribution < -0.4 is 16.4 Å². The summed E-state index contributed by atoms with van der Waals surface area (Å²) in [7, 11) is 0. The topological polar surface area (TPSA) is 84.2 Å². The monoisotopic (exact) mass is 225 g/mol. The Morgan fingerprint density at radius 2 is 2.00 bits per heavy atom. The van der Waals surface area contributed by atoms with Crippen molar-refractivity contribution in [2.75, 3.05) is 19.6 Å². The standard InChI is InChI=1S/C11H19N3O2/c1-7(8-4-13-5-8)9(15)14-6-11(2,3)10(12)16/h13H,4-6H2,1-3H3,(H2,12,16)(H,14,15). The molecule has 1 fully saturated rings. The maximum atomic E-state index is 11.7. The number of primary amides is 1. The van der Waals surface area contributed by atoms with Crippen LogP contribution in [0.25, 0.3) is 0 Å². The van der Waals surface area contributed by atoms with E-state index in [1.807, 2.05) is 0 Å². The molecular weight excluding hydrogens is 206 g/mol. The number of amides is 2. The molecular formula is C11H19N3O2. The number of rotatable bonds is 4. The second kappa shape index (κ2) is 4.65. The normalized spacial score (nSPS) is 15.3. The zero-order chi connectivity index (χ0) is 12.3. The summed E-state index contributed by atoms with van der Waals surface area (Å²) in [5.74, 6) is -0.533. The van der Waals surface area contributed by atoms with Crippen LogP contribution in [0, 0.1) is 5.41 Å². The molecule has 1 rings (SSSR count). The minimum atomic E-state index is -0.710. The molecule has 0 radical (unpaired) electrons. The van der Waals surface area contributed by atoms with Gasteiger partial charge in [0, 0.05) is 25.2 Å². The molecule has 1 saturated heterocycles. The van der Waals surface area contributed by atoms with E-state index < -0.39 is 11.3 Å². The predicted molar refractivity (Wildman–Crippen MR) is 61.6 cm³/mol. The van der Waals surface area contributed by atoms with Gasteiger partial charge in [0.1, 0.15) is 0 Å². The third-order valence-corrected chi connectivity index (χ3v) is 2.91. The van der Waals surface area contributed by atoms with E-state index in [-0.39, 0.29) is 12.5 Å². The summed E-state index contributed by atoms with van der Waals surface area (Å²) in [6.07, 6.45) is 0. The van der Waals surface area contributed by atoms with Crippen LogP contribution in [0.2, 0.25) is 0 Å². The molecule has 0 aromatic rings. The van der Waals surface area contributed by atoms with Gasteiger partial charge < -0.3 is 16.4 Å². The third kappa shape index (κ3) is 2.82. The van der Waals surface area contributed by atoms with E-state index in [2.05, 4.69) is 10.6 Å². The van der Waals surface area contributed by atoms with Crippen molar-refractivity contribution in [3.8, 4) is 0 Å². The van der Waals surface area contributed by atoms with E-state index in [1.54, 1.807) is 20.8 Å². The first-order valence-electron chi connectivity index (χ1n) is 5.32. The Bertz CT molecular complexity index is 339. The molecule has 0 unspecified atom stereocenters. The Morgan fingerprint density at radius 1 is 1.44 bits per heavy atom. The van der Waals surface area contributed by atoms with Crippen molar-refractivity contribution < 1.29 is 9.59 Å². The zero-order valence-corrected chi connectivity index (χ0v) is 10.0. The van der Waals surface area contributed by atoms with E-state index in [0.29, 0.717) is 0 Å². The molecule has 0 aliphatic carbocycles. The second-order valence-electron chi connectivity index (χ2n) is 4.76. The van der Waals surface area contributed by atoms with E-state index in [9.17, 15) is 9.59 Å². The summed E-state index contributed by atoms with van der Waals surface area (Å²) in [6.45, 7) is 7.03. The molecule has 0 saturated carbocycles. The smallest absolute Gasteiger partial charge is 0.246 e. The first-order valence-corrected chi connectivity index (χ1v) is 5.32. The molecule has 0 aromatic heterocycles. The van der Waals surface area contributed by atoms with Crippen molar-refractivity contribution in [3.05, 3.63) is 11.1 Å². The number of carbonyl (C=O) groups is 2. The van der Waals surface area contributed by atoms with E-state index >= 15 is 0 Å². The number of carbonyl (C=O) groups excluding carboxylic acids is 2. The largest absolute Gasteiger partial charge is 0.369 e. The molecule has 0 spiro atoms. The van der Waals surface area contributed by atoms with Crippen molar-refractivity contribution in [1.82, 2.24) is 10.6 Å². The van der Waals surface area contributed by atoms with Gasteiger partial charge in [0.25, 0.3) is 0 Å². The maximum Gasteiger partial charge on any atom is 0.246 e. The van der Waals surface area contributed by atoms with Crippen LogP contribution in [0.4, 0.5) is 0 Å². The molecule has 4 N–H and O–H groups in total. The van der Waals surface area contributed by atoms with Crippen LogP contribution in [0.1, 0.15) is 20.8 Å². The molecule has 1 aliphatic rings. The fourth-order valence-electron chi connectivity index (χ4n) is 1.20. The highest BCUT2D eigenvalue weighted by Crippen LogP contribution is 2.13. The number of hydrogen-bond donors (Lipinski definition) is 3. The Kier molecular flexibility index (Phi) is 3.70. The molecule has 90 valence electrons. The van der Waals surface area contributed by atoms with Gasteiger partial charge in [-0.25, -0.2) is 0 Å². The van der Waals surface area contributed by atoms with Gasteiger partial charge >= 0.3 is 0 Å². The Labute approximate surface area is 95.5 Å². The summed E-state index contributed by atoms with van der Waals surface area (Å²) < 4.78 is 0. The molecule has 5 heteroatoms. The van der Waals surface area contributed by atoms with Crippen molar-refractivity contribution in [3.63, 3.8) is 0 Å². The molecule has 2 amide bonds. The minimum absolute atomic E-state index is 0.120. The van der Waals surface area contributed by atoms with Gasteiger partial charge in [-0.1, -0.05) is 0 Å². The minimum Gasteiger partial charge on any atom is -0.369 e. The Balaban J connectivity index is 2.50. The predicted octanol–water partition coefficient (Wildman–Crippen LogP) is -0.466. The molecule has 16 heavy (non-hydrogen) atoms. The Morgan fingerprint density at radius 3 is 2.38 bits per heavy atom. The van der Waals surface area contributed by atoms with Crippen LogP contribution in [-0.4, -0.2) is 31.4 Å². The first-order chi connectivity index (χ1) is 7.34. The molecule has 1 heterocycles. The van der Waals surface area contributed by atoms with Crippen molar-refractivity contribution in [2.24, 2.45) is 11.1 Å². The van der Waals surface area contributed by atoms with Crippen LogP contribution in [-0.2, 0) is 9.59 Å². The molecule has 1 aliphatic heterocycles. The van der Waals surface area contributed by atoms with E-state index in [4.69, 9.17) is 5.73 Å². The highest BCUT2D eigenvalue weighted by molar-refractivity contribution is 5.94. The number of hydrogen-bond acceptors (Lipinski definition) is 3. The second-order valence-corrected chi connectivity index (χ2v) is 4.76. The highest BCUT2D eigenvalue weighted by atomic mass is 16.2. The molecule has 5 nitrogen and oxygen atoms in total. The van der Waals surface area contributed by atoms with Crippen LogP contribution in [0.5, 0.6) is 0 Å². The lowest BCUT2D eigenvalue weighted by Crippen LogP contribution is -2.44. The summed E-state index contributed by atoms with van der Waals surface area (Å²) in [5.41, 5.74) is 6.36. The van der Waals surface area contributed by atoms with Gasteiger partial charge in [-0.3, -0.25) is 9.59 Å². The fourth-order valence-corrected chi connectivity index (χ4v) is 1.20. The van der Waals surface area contributed by atoms with E-state index in [0.717, 1.165) is 24.2 Å². The summed E-state index contributed by atoms with van der Waals surface area (Å²) in [4.78, 5) is 22.8. The SMILES string of the molecule is CC(C(=O)NCC(C)(C)C(N)=O)=C1CNC1. The third-order valence-electron chi connectivity index (χ3n) is 2.91. The zero-order valence-electron chi connectivity index (χ0n) is 10.0. The van der Waals surface area contributed by atoms with Crippen LogP contribution >= 0.6 is 0 Å². The van der Waals surface area contributed by atoms with Gasteiger partial charge in [-0.05, 0) is 26.3 Å². The first kappa shape index (κ1) is 12.7. The molecule has 0 bridgehead atoms. The number of nitrogens with two attached hydrogens (primary N) is 1. The summed E-state index contributed by atoms with van der Waals surface area (Å²) in [5, 5.41) is 5.80. The average Bonchev–Trinajstić information content (AvgIpc) is 2.11. The van der Waals surface area contributed by atoms with Gasteiger partial charge in [-0.15, -0.1) is 0 Å². The van der Waals surface area contributed by atoms with Gasteiger partial charge in [0.15, 0.2) is 0 Å². The molecule has 0 atom stereocenters. The quantitative estimate of drug-likeness (QED) is 0.566. The fraction of sp³-hybridized carbons (Fsp3) is 0.636. The van der Waals surface area contributed by atoms with Gasteiger partial charge in [-0.2, -0.15) is 0 Å². The van der Waals surface area contributed by atoms with Crippen molar-refractivity contribution in [1.29, 1.82) is 0 Å². The lowest BCUT2D eigenvalue weighted by Gasteiger charge is -2.24.